The van der Waals surface area contributed by atoms with Gasteiger partial charge in [-0.1, -0.05) is 23.7 Å². The van der Waals surface area contributed by atoms with Crippen molar-refractivity contribution in [2.75, 3.05) is 0 Å². The van der Waals surface area contributed by atoms with E-state index in [1.165, 1.54) is 4.90 Å². The van der Waals surface area contributed by atoms with E-state index in [0.717, 1.165) is 40.8 Å². The molecule has 1 aliphatic heterocycles. The number of carbonyl (C=O) groups excluding carboxylic acids is 2. The number of hydrogen-bond acceptors (Lipinski definition) is 3. The monoisotopic (exact) mass is 374 g/mol. The largest absolute Gasteiger partial charge is 0.349 e. The van der Waals surface area contributed by atoms with Crippen molar-refractivity contribution in [1.82, 2.24) is 9.47 Å². The first-order valence-corrected chi connectivity index (χ1v) is 9.26. The molecule has 1 aliphatic rings. The number of imide groups is 1. The number of amides is 2. The number of carbonyl (C=O) groups is 2. The van der Waals surface area contributed by atoms with Crippen molar-refractivity contribution in [2.24, 2.45) is 0 Å². The van der Waals surface area contributed by atoms with Gasteiger partial charge in [0.1, 0.15) is 0 Å². The highest BCUT2D eigenvalue weighted by molar-refractivity contribution is 8.18. The smallest absolute Gasteiger partial charge is 0.293 e. The number of hydrogen-bond donors (Lipinski definition) is 0. The van der Waals surface area contributed by atoms with Gasteiger partial charge in [-0.15, -0.1) is 0 Å². The molecule has 0 atom stereocenters. The highest BCUT2D eigenvalue weighted by Crippen LogP contribution is 2.34. The van der Waals surface area contributed by atoms with Gasteiger partial charge in [-0.2, -0.15) is 0 Å². The normalized spacial score (nSPS) is 16.3. The van der Waals surface area contributed by atoms with Crippen LogP contribution in [-0.4, -0.2) is 20.6 Å². The molecule has 3 rings (SSSR count). The van der Waals surface area contributed by atoms with Gasteiger partial charge in [0.05, 0.1) is 11.4 Å². The summed E-state index contributed by atoms with van der Waals surface area (Å²) in [5.74, 6) is -0.244. The Morgan fingerprint density at radius 2 is 1.84 bits per heavy atom. The van der Waals surface area contributed by atoms with E-state index in [4.69, 9.17) is 11.6 Å². The van der Waals surface area contributed by atoms with Crippen molar-refractivity contribution in [3.8, 4) is 0 Å². The van der Waals surface area contributed by atoms with Crippen LogP contribution in [0.3, 0.4) is 0 Å². The zero-order valence-corrected chi connectivity index (χ0v) is 15.9. The maximum absolute atomic E-state index is 12.6. The second kappa shape index (κ2) is 7.10. The van der Waals surface area contributed by atoms with E-state index in [-0.39, 0.29) is 17.7 Å². The van der Waals surface area contributed by atoms with Crippen LogP contribution in [-0.2, 0) is 17.9 Å². The zero-order chi connectivity index (χ0) is 18.1. The van der Waals surface area contributed by atoms with E-state index in [0.29, 0.717) is 9.93 Å². The van der Waals surface area contributed by atoms with Crippen LogP contribution in [0.25, 0.3) is 6.08 Å². The van der Waals surface area contributed by atoms with Crippen molar-refractivity contribution in [3.63, 3.8) is 0 Å². The molecule has 0 radical (unpaired) electrons. The summed E-state index contributed by atoms with van der Waals surface area (Å²) in [6.45, 7) is 7.29. The minimum atomic E-state index is -0.244. The van der Waals surface area contributed by atoms with Crippen LogP contribution < -0.4 is 0 Å². The molecule has 1 aromatic heterocycles. The summed E-state index contributed by atoms with van der Waals surface area (Å²) < 4.78 is 2.18. The summed E-state index contributed by atoms with van der Waals surface area (Å²) in [4.78, 5) is 26.7. The van der Waals surface area contributed by atoms with E-state index in [2.05, 4.69) is 11.5 Å². The molecule has 0 bridgehead atoms. The van der Waals surface area contributed by atoms with E-state index in [1.807, 2.05) is 38.1 Å². The molecule has 1 fully saturated rings. The van der Waals surface area contributed by atoms with Crippen LogP contribution in [0, 0.1) is 13.8 Å². The lowest BCUT2D eigenvalue weighted by molar-refractivity contribution is -0.123. The predicted molar refractivity (Wildman–Crippen MR) is 103 cm³/mol. The average molecular weight is 375 g/mol. The number of halogens is 1. The maximum Gasteiger partial charge on any atom is 0.293 e. The Bertz CT molecular complexity index is 868. The molecule has 0 spiro atoms. The Morgan fingerprint density at radius 1 is 1.16 bits per heavy atom. The van der Waals surface area contributed by atoms with E-state index < -0.39 is 0 Å². The quantitative estimate of drug-likeness (QED) is 0.706. The van der Waals surface area contributed by atoms with Gasteiger partial charge in [0, 0.05) is 23.0 Å². The number of thioether (sulfide) groups is 1. The first-order valence-electron chi connectivity index (χ1n) is 8.07. The van der Waals surface area contributed by atoms with Crippen molar-refractivity contribution in [3.05, 3.63) is 62.8 Å². The lowest BCUT2D eigenvalue weighted by Gasteiger charge is -2.12. The van der Waals surface area contributed by atoms with Crippen LogP contribution in [0.5, 0.6) is 0 Å². The summed E-state index contributed by atoms with van der Waals surface area (Å²) >= 11 is 6.87. The summed E-state index contributed by atoms with van der Waals surface area (Å²) in [5.41, 5.74) is 4.10. The molecule has 0 N–H and O–H groups in total. The molecule has 1 aromatic carbocycles. The molecular formula is C19H19ClN2O2S. The van der Waals surface area contributed by atoms with E-state index in [9.17, 15) is 9.59 Å². The Hall–Kier alpha value is -1.98. The summed E-state index contributed by atoms with van der Waals surface area (Å²) in [6.07, 6.45) is 1.82. The number of aryl methyl sites for hydroxylation is 1. The topological polar surface area (TPSA) is 42.3 Å². The molecule has 2 heterocycles. The fraction of sp³-hybridized carbons (Fsp3) is 0.263. The standard InChI is InChI=1S/C19H19ClN2O2S/c1-4-21-12(2)9-15(13(21)3)10-17-18(23)22(19(24)25-17)11-14-5-7-16(20)8-6-14/h5-10H,4,11H2,1-3H3/b17-10-. The molecule has 0 saturated carbocycles. The fourth-order valence-electron chi connectivity index (χ4n) is 3.01. The first kappa shape index (κ1) is 17.8. The summed E-state index contributed by atoms with van der Waals surface area (Å²) in [7, 11) is 0. The molecule has 2 amide bonds. The highest BCUT2D eigenvalue weighted by atomic mass is 35.5. The number of benzene rings is 1. The van der Waals surface area contributed by atoms with Gasteiger partial charge >= 0.3 is 0 Å². The van der Waals surface area contributed by atoms with Gasteiger partial charge in [0.2, 0.25) is 0 Å². The van der Waals surface area contributed by atoms with Crippen LogP contribution >= 0.6 is 23.4 Å². The predicted octanol–water partition coefficient (Wildman–Crippen LogP) is 5.01. The highest BCUT2D eigenvalue weighted by Gasteiger charge is 2.35. The Kier molecular flexibility index (Phi) is 5.06. The third kappa shape index (κ3) is 3.53. The lowest BCUT2D eigenvalue weighted by atomic mass is 10.2. The third-order valence-corrected chi connectivity index (χ3v) is 5.50. The first-order chi connectivity index (χ1) is 11.9. The molecule has 1 saturated heterocycles. The Morgan fingerprint density at radius 3 is 2.44 bits per heavy atom. The molecule has 0 unspecified atom stereocenters. The molecule has 2 aromatic rings. The van der Waals surface area contributed by atoms with Gasteiger partial charge < -0.3 is 4.57 Å². The van der Waals surface area contributed by atoms with Crippen molar-refractivity contribution in [1.29, 1.82) is 0 Å². The fourth-order valence-corrected chi connectivity index (χ4v) is 3.97. The molecule has 0 aliphatic carbocycles. The molecule has 25 heavy (non-hydrogen) atoms. The third-order valence-electron chi connectivity index (χ3n) is 4.34. The molecule has 130 valence electrons. The maximum atomic E-state index is 12.6. The van der Waals surface area contributed by atoms with Gasteiger partial charge in [-0.3, -0.25) is 14.5 Å². The van der Waals surface area contributed by atoms with E-state index >= 15 is 0 Å². The Labute approximate surface area is 156 Å². The van der Waals surface area contributed by atoms with Crippen LogP contribution in [0.4, 0.5) is 4.79 Å². The minimum absolute atomic E-state index is 0.240. The Balaban J connectivity index is 1.84. The molecule has 6 heteroatoms. The number of rotatable bonds is 4. The second-order valence-corrected chi connectivity index (χ2v) is 7.39. The van der Waals surface area contributed by atoms with Crippen LogP contribution in [0.1, 0.15) is 29.4 Å². The van der Waals surface area contributed by atoms with Gasteiger partial charge in [-0.05, 0) is 67.9 Å². The van der Waals surface area contributed by atoms with Gasteiger partial charge in [0.25, 0.3) is 11.1 Å². The van der Waals surface area contributed by atoms with Crippen LogP contribution in [0.2, 0.25) is 5.02 Å². The molecule has 4 nitrogen and oxygen atoms in total. The minimum Gasteiger partial charge on any atom is -0.349 e. The van der Waals surface area contributed by atoms with Crippen molar-refractivity contribution < 1.29 is 9.59 Å². The lowest BCUT2D eigenvalue weighted by Crippen LogP contribution is -2.27. The summed E-state index contributed by atoms with van der Waals surface area (Å²) in [5, 5.41) is 0.388. The molecular weight excluding hydrogens is 356 g/mol. The average Bonchev–Trinajstić information content (AvgIpc) is 2.99. The second-order valence-electron chi connectivity index (χ2n) is 5.97. The van der Waals surface area contributed by atoms with Crippen molar-refractivity contribution in [2.45, 2.75) is 33.9 Å². The SMILES string of the molecule is CCn1c(C)cc(/C=C2\SC(=O)N(Cc3ccc(Cl)cc3)C2=O)c1C. The van der Waals surface area contributed by atoms with Gasteiger partial charge in [0.15, 0.2) is 0 Å². The van der Waals surface area contributed by atoms with Crippen LogP contribution in [0.15, 0.2) is 35.2 Å². The van der Waals surface area contributed by atoms with Crippen molar-refractivity contribution >= 4 is 40.6 Å². The zero-order valence-electron chi connectivity index (χ0n) is 14.4. The number of nitrogens with zero attached hydrogens (tertiary/aromatic N) is 2. The number of aromatic nitrogens is 1. The van der Waals surface area contributed by atoms with Gasteiger partial charge in [-0.25, -0.2) is 0 Å². The van der Waals surface area contributed by atoms with E-state index in [1.54, 1.807) is 12.1 Å². The summed E-state index contributed by atoms with van der Waals surface area (Å²) in [6, 6.07) is 9.21.